The Morgan fingerprint density at radius 2 is 2.12 bits per heavy atom. The van der Waals surface area contributed by atoms with Gasteiger partial charge in [0.15, 0.2) is 0 Å². The number of hydrogen-bond donors (Lipinski definition) is 3. The molecule has 1 heterocycles. The molecule has 0 saturated heterocycles. The second kappa shape index (κ2) is 7.03. The number of rotatable bonds is 7. The quantitative estimate of drug-likeness (QED) is 0.368. The average Bonchev–Trinajstić information content (AvgIpc) is 2.33. The van der Waals surface area contributed by atoms with Crippen molar-refractivity contribution in [1.82, 2.24) is 9.97 Å². The van der Waals surface area contributed by atoms with Gasteiger partial charge in [-0.2, -0.15) is 0 Å². The lowest BCUT2D eigenvalue weighted by Crippen LogP contribution is -2.21. The van der Waals surface area contributed by atoms with E-state index in [0.29, 0.717) is 11.6 Å². The van der Waals surface area contributed by atoms with Crippen molar-refractivity contribution >= 4 is 11.6 Å². The number of unbranched alkanes of at least 4 members (excludes halogenated alkanes) is 2. The molecule has 0 saturated carbocycles. The summed E-state index contributed by atoms with van der Waals surface area (Å²) in [5.74, 6) is 7.51. The van der Waals surface area contributed by atoms with Gasteiger partial charge in [0.2, 0.25) is 0 Å². The largest absolute Gasteiger partial charge is 0.396 e. The summed E-state index contributed by atoms with van der Waals surface area (Å²) >= 11 is 0. The van der Waals surface area contributed by atoms with Gasteiger partial charge in [0.1, 0.15) is 17.5 Å². The van der Waals surface area contributed by atoms with Gasteiger partial charge in [0.25, 0.3) is 0 Å². The first-order chi connectivity index (χ1) is 8.17. The smallest absolute Gasteiger partial charge is 0.145 e. The number of aryl methyl sites for hydroxylation is 1. The molecule has 17 heavy (non-hydrogen) atoms. The highest BCUT2D eigenvalue weighted by molar-refractivity contribution is 5.48. The van der Waals surface area contributed by atoms with Crippen molar-refractivity contribution in [3.8, 4) is 0 Å². The van der Waals surface area contributed by atoms with Gasteiger partial charge in [0.05, 0.1) is 0 Å². The molecule has 0 spiro atoms. The molecule has 0 aromatic carbocycles. The second-order valence-electron chi connectivity index (χ2n) is 4.01. The molecule has 0 amide bonds. The summed E-state index contributed by atoms with van der Waals surface area (Å²) < 4.78 is 0. The number of nitrogens with one attached hydrogen (secondary N) is 1. The van der Waals surface area contributed by atoms with Gasteiger partial charge in [0, 0.05) is 26.3 Å². The first-order valence-corrected chi connectivity index (χ1v) is 5.81. The molecule has 0 atom stereocenters. The van der Waals surface area contributed by atoms with Crippen molar-refractivity contribution in [1.29, 1.82) is 0 Å². The van der Waals surface area contributed by atoms with Gasteiger partial charge in [-0.3, -0.25) is 0 Å². The Bertz CT molecular complexity index is 345. The highest BCUT2D eigenvalue weighted by Crippen LogP contribution is 2.14. The Hall–Kier alpha value is -1.40. The maximum absolute atomic E-state index is 8.70. The van der Waals surface area contributed by atoms with Crippen LogP contribution in [0.1, 0.15) is 25.1 Å². The maximum atomic E-state index is 8.70. The zero-order valence-corrected chi connectivity index (χ0v) is 10.5. The van der Waals surface area contributed by atoms with Crippen LogP contribution in [0, 0.1) is 6.92 Å². The van der Waals surface area contributed by atoms with E-state index in [-0.39, 0.29) is 6.61 Å². The minimum absolute atomic E-state index is 0.261. The maximum Gasteiger partial charge on any atom is 0.145 e. The van der Waals surface area contributed by atoms with Gasteiger partial charge in [-0.05, 0) is 26.2 Å². The van der Waals surface area contributed by atoms with Crippen LogP contribution in [0.25, 0.3) is 0 Å². The SMILES string of the molecule is Cc1nc(NN)cc(N(C)CCCCCO)n1. The van der Waals surface area contributed by atoms with Crippen molar-refractivity contribution in [3.63, 3.8) is 0 Å². The number of hydrazine groups is 1. The van der Waals surface area contributed by atoms with Crippen LogP contribution in [-0.4, -0.2) is 35.3 Å². The second-order valence-corrected chi connectivity index (χ2v) is 4.01. The van der Waals surface area contributed by atoms with E-state index in [1.54, 1.807) is 0 Å². The van der Waals surface area contributed by atoms with Crippen molar-refractivity contribution in [2.45, 2.75) is 26.2 Å². The molecule has 0 aliphatic rings. The van der Waals surface area contributed by atoms with E-state index in [2.05, 4.69) is 20.3 Å². The Kier molecular flexibility index (Phi) is 5.65. The van der Waals surface area contributed by atoms with Gasteiger partial charge in [-0.25, -0.2) is 15.8 Å². The fourth-order valence-corrected chi connectivity index (χ4v) is 1.57. The predicted molar refractivity (Wildman–Crippen MR) is 68.8 cm³/mol. The molecule has 0 bridgehead atoms. The van der Waals surface area contributed by atoms with Crippen LogP contribution in [0.5, 0.6) is 0 Å². The minimum atomic E-state index is 0.261. The first kappa shape index (κ1) is 13.7. The summed E-state index contributed by atoms with van der Waals surface area (Å²) in [6.07, 6.45) is 2.91. The number of nitrogens with zero attached hydrogens (tertiary/aromatic N) is 3. The molecule has 0 unspecified atom stereocenters. The van der Waals surface area contributed by atoms with Crippen molar-refractivity contribution in [2.24, 2.45) is 5.84 Å². The third-order valence-electron chi connectivity index (χ3n) is 2.52. The average molecular weight is 239 g/mol. The molecular formula is C11H21N5O. The lowest BCUT2D eigenvalue weighted by Gasteiger charge is -2.18. The van der Waals surface area contributed by atoms with E-state index in [4.69, 9.17) is 10.9 Å². The summed E-state index contributed by atoms with van der Waals surface area (Å²) in [6.45, 7) is 3.00. The van der Waals surface area contributed by atoms with E-state index >= 15 is 0 Å². The molecule has 1 aromatic rings. The van der Waals surface area contributed by atoms with Crippen LogP contribution in [0.4, 0.5) is 11.6 Å². The van der Waals surface area contributed by atoms with E-state index in [1.165, 1.54) is 0 Å². The van der Waals surface area contributed by atoms with Crippen LogP contribution in [0.2, 0.25) is 0 Å². The summed E-state index contributed by atoms with van der Waals surface area (Å²) in [7, 11) is 1.99. The van der Waals surface area contributed by atoms with Crippen molar-refractivity contribution < 1.29 is 5.11 Å². The third-order valence-corrected chi connectivity index (χ3v) is 2.52. The number of hydrogen-bond acceptors (Lipinski definition) is 6. The Morgan fingerprint density at radius 3 is 2.76 bits per heavy atom. The van der Waals surface area contributed by atoms with Crippen LogP contribution in [-0.2, 0) is 0 Å². The molecule has 1 aromatic heterocycles. The number of aliphatic hydroxyl groups is 1. The topological polar surface area (TPSA) is 87.3 Å². The predicted octanol–water partition coefficient (Wildman–Crippen LogP) is 0.669. The van der Waals surface area contributed by atoms with Crippen LogP contribution in [0.3, 0.4) is 0 Å². The highest BCUT2D eigenvalue weighted by atomic mass is 16.2. The molecular weight excluding hydrogens is 218 g/mol. The summed E-state index contributed by atoms with van der Waals surface area (Å²) in [6, 6.07) is 1.82. The Balaban J connectivity index is 2.55. The normalized spacial score (nSPS) is 10.4. The molecule has 0 aliphatic carbocycles. The molecule has 0 radical (unpaired) electrons. The molecule has 0 fully saturated rings. The Morgan fingerprint density at radius 1 is 1.35 bits per heavy atom. The van der Waals surface area contributed by atoms with Crippen molar-refractivity contribution in [3.05, 3.63) is 11.9 Å². The number of nitrogens with two attached hydrogens (primary N) is 1. The monoisotopic (exact) mass is 239 g/mol. The fourth-order valence-electron chi connectivity index (χ4n) is 1.57. The Labute approximate surface area is 102 Å². The third kappa shape index (κ3) is 4.54. The molecule has 6 nitrogen and oxygen atoms in total. The lowest BCUT2D eigenvalue weighted by molar-refractivity contribution is 0.283. The summed E-state index contributed by atoms with van der Waals surface area (Å²) in [5, 5.41) is 8.70. The summed E-state index contributed by atoms with van der Waals surface area (Å²) in [4.78, 5) is 10.6. The van der Waals surface area contributed by atoms with E-state index in [9.17, 15) is 0 Å². The van der Waals surface area contributed by atoms with Crippen LogP contribution >= 0.6 is 0 Å². The zero-order chi connectivity index (χ0) is 12.7. The van der Waals surface area contributed by atoms with Gasteiger partial charge in [-0.1, -0.05) is 0 Å². The molecule has 4 N–H and O–H groups in total. The first-order valence-electron chi connectivity index (χ1n) is 5.81. The van der Waals surface area contributed by atoms with E-state index < -0.39 is 0 Å². The standard InChI is InChI=1S/C11H21N5O/c1-9-13-10(15-12)8-11(14-9)16(2)6-4-3-5-7-17/h8,17H,3-7,12H2,1-2H3,(H,13,14,15). The van der Waals surface area contributed by atoms with Crippen LogP contribution < -0.4 is 16.2 Å². The van der Waals surface area contributed by atoms with Crippen molar-refractivity contribution in [2.75, 3.05) is 30.5 Å². The van der Waals surface area contributed by atoms with Gasteiger partial charge >= 0.3 is 0 Å². The van der Waals surface area contributed by atoms with E-state index in [1.807, 2.05) is 20.0 Å². The number of nitrogen functional groups attached to an aromatic ring is 1. The fraction of sp³-hybridized carbons (Fsp3) is 0.636. The molecule has 96 valence electrons. The summed E-state index contributed by atoms with van der Waals surface area (Å²) in [5.41, 5.74) is 2.53. The number of aromatic nitrogens is 2. The number of aliphatic hydroxyl groups excluding tert-OH is 1. The van der Waals surface area contributed by atoms with E-state index in [0.717, 1.165) is 31.6 Å². The van der Waals surface area contributed by atoms with Gasteiger partial charge < -0.3 is 15.4 Å². The molecule has 0 aliphatic heterocycles. The lowest BCUT2D eigenvalue weighted by atomic mass is 10.2. The van der Waals surface area contributed by atoms with Gasteiger partial charge in [-0.15, -0.1) is 0 Å². The van der Waals surface area contributed by atoms with Crippen LogP contribution in [0.15, 0.2) is 6.07 Å². The minimum Gasteiger partial charge on any atom is -0.396 e. The molecule has 6 heteroatoms. The number of anilines is 2. The highest BCUT2D eigenvalue weighted by Gasteiger charge is 2.05. The molecule has 1 rings (SSSR count). The zero-order valence-electron chi connectivity index (χ0n) is 10.5.